The van der Waals surface area contributed by atoms with E-state index in [1.165, 1.54) is 6.07 Å². The number of nitrogens with two attached hydrogens (primary N) is 1. The topological polar surface area (TPSA) is 58.4 Å². The standard InChI is InChI=1S/C18H28FN3O.2ClH/c1-12(2)9-16(20)18(23)21-15-5-4-8-22(11-15)17-7-6-14(19)10-13(17)3;;/h6-7,10,12,15-16H,4-5,8-9,11,20H2,1-3H3,(H,21,23);2*1H/t15?,16-;;/m0../s1. The molecule has 7 heteroatoms. The highest BCUT2D eigenvalue weighted by Crippen LogP contribution is 2.24. The Morgan fingerprint density at radius 3 is 2.68 bits per heavy atom. The molecule has 144 valence electrons. The summed E-state index contributed by atoms with van der Waals surface area (Å²) in [7, 11) is 0. The molecule has 0 spiro atoms. The number of carbonyl (C=O) groups is 1. The zero-order valence-corrected chi connectivity index (χ0v) is 16.8. The zero-order chi connectivity index (χ0) is 17.0. The second kappa shape index (κ2) is 10.8. The van der Waals surface area contributed by atoms with Gasteiger partial charge < -0.3 is 16.0 Å². The van der Waals surface area contributed by atoms with Crippen molar-refractivity contribution < 1.29 is 9.18 Å². The molecule has 0 aromatic heterocycles. The van der Waals surface area contributed by atoms with Gasteiger partial charge in [0.05, 0.1) is 6.04 Å². The number of carbonyl (C=O) groups excluding carboxylic acids is 1. The zero-order valence-electron chi connectivity index (χ0n) is 15.1. The monoisotopic (exact) mass is 393 g/mol. The van der Waals surface area contributed by atoms with Gasteiger partial charge in [0.2, 0.25) is 5.91 Å². The van der Waals surface area contributed by atoms with Gasteiger partial charge in [0.15, 0.2) is 0 Å². The van der Waals surface area contributed by atoms with E-state index in [0.717, 1.165) is 37.2 Å². The average molecular weight is 394 g/mol. The summed E-state index contributed by atoms with van der Waals surface area (Å²) in [5.74, 6) is 0.120. The van der Waals surface area contributed by atoms with Crippen molar-refractivity contribution in [2.75, 3.05) is 18.0 Å². The average Bonchev–Trinajstić information content (AvgIpc) is 2.46. The van der Waals surface area contributed by atoms with E-state index in [0.29, 0.717) is 12.3 Å². The fraction of sp³-hybridized carbons (Fsp3) is 0.611. The first-order valence-corrected chi connectivity index (χ1v) is 8.44. The molecule has 1 saturated heterocycles. The number of piperidine rings is 1. The highest BCUT2D eigenvalue weighted by atomic mass is 35.5. The minimum absolute atomic E-state index is 0. The molecule has 4 nitrogen and oxygen atoms in total. The van der Waals surface area contributed by atoms with Crippen LogP contribution in [0, 0.1) is 18.7 Å². The second-order valence-corrected chi connectivity index (χ2v) is 6.96. The normalized spacial score (nSPS) is 18.2. The molecule has 25 heavy (non-hydrogen) atoms. The highest BCUT2D eigenvalue weighted by molar-refractivity contribution is 5.85. The third-order valence-electron chi connectivity index (χ3n) is 4.33. The number of benzene rings is 1. The fourth-order valence-corrected chi connectivity index (χ4v) is 3.21. The molecule has 1 aliphatic heterocycles. The number of anilines is 1. The molecule has 0 aliphatic carbocycles. The van der Waals surface area contributed by atoms with Gasteiger partial charge in [-0.3, -0.25) is 4.79 Å². The van der Waals surface area contributed by atoms with Crippen LogP contribution in [0.4, 0.5) is 10.1 Å². The van der Waals surface area contributed by atoms with Crippen LogP contribution in [0.25, 0.3) is 0 Å². The lowest BCUT2D eigenvalue weighted by atomic mass is 10.0. The Kier molecular flexibility index (Phi) is 10.4. The van der Waals surface area contributed by atoms with Crippen LogP contribution in [-0.4, -0.2) is 31.1 Å². The summed E-state index contributed by atoms with van der Waals surface area (Å²) in [4.78, 5) is 14.4. The third kappa shape index (κ3) is 7.00. The van der Waals surface area contributed by atoms with Gasteiger partial charge in [-0.1, -0.05) is 13.8 Å². The number of halogens is 3. The van der Waals surface area contributed by atoms with Crippen LogP contribution in [0.15, 0.2) is 18.2 Å². The van der Waals surface area contributed by atoms with Crippen molar-refractivity contribution >= 4 is 36.4 Å². The van der Waals surface area contributed by atoms with Crippen LogP contribution in [0.1, 0.15) is 38.7 Å². The molecule has 0 radical (unpaired) electrons. The molecule has 3 N–H and O–H groups in total. The van der Waals surface area contributed by atoms with Gasteiger partial charge in [0.1, 0.15) is 5.82 Å². The maximum Gasteiger partial charge on any atom is 0.237 e. The van der Waals surface area contributed by atoms with E-state index in [1.807, 2.05) is 13.0 Å². The lowest BCUT2D eigenvalue weighted by molar-refractivity contribution is -0.123. The summed E-state index contributed by atoms with van der Waals surface area (Å²) in [5, 5.41) is 3.07. The molecule has 1 aliphatic rings. The summed E-state index contributed by atoms with van der Waals surface area (Å²) < 4.78 is 13.3. The van der Waals surface area contributed by atoms with Gasteiger partial charge in [0, 0.05) is 24.8 Å². The molecule has 1 amide bonds. The number of hydrogen-bond acceptors (Lipinski definition) is 3. The third-order valence-corrected chi connectivity index (χ3v) is 4.33. The van der Waals surface area contributed by atoms with Gasteiger partial charge in [-0.2, -0.15) is 0 Å². The smallest absolute Gasteiger partial charge is 0.237 e. The molecule has 1 aromatic carbocycles. The molecule has 2 atom stereocenters. The Labute approximate surface area is 162 Å². The van der Waals surface area contributed by atoms with E-state index in [4.69, 9.17) is 5.73 Å². The van der Waals surface area contributed by atoms with Crippen molar-refractivity contribution in [3.63, 3.8) is 0 Å². The summed E-state index contributed by atoms with van der Waals surface area (Å²) in [5.41, 5.74) is 7.92. The summed E-state index contributed by atoms with van der Waals surface area (Å²) in [6.45, 7) is 7.71. The van der Waals surface area contributed by atoms with E-state index in [-0.39, 0.29) is 42.6 Å². The first-order chi connectivity index (χ1) is 10.9. The number of nitrogens with one attached hydrogen (secondary N) is 1. The van der Waals surface area contributed by atoms with Crippen LogP contribution in [-0.2, 0) is 4.79 Å². The van der Waals surface area contributed by atoms with Gasteiger partial charge in [-0.05, 0) is 55.9 Å². The molecule has 1 aromatic rings. The van der Waals surface area contributed by atoms with Crippen LogP contribution in [0.2, 0.25) is 0 Å². The first-order valence-electron chi connectivity index (χ1n) is 8.44. The maximum absolute atomic E-state index is 13.3. The quantitative estimate of drug-likeness (QED) is 0.805. The van der Waals surface area contributed by atoms with E-state index in [1.54, 1.807) is 6.07 Å². The number of amides is 1. The fourth-order valence-electron chi connectivity index (χ4n) is 3.21. The SMILES string of the molecule is Cc1cc(F)ccc1N1CCCC(NC(=O)[C@@H](N)CC(C)C)C1.Cl.Cl. The van der Waals surface area contributed by atoms with Gasteiger partial charge in [-0.15, -0.1) is 24.8 Å². The minimum atomic E-state index is -0.446. The Bertz CT molecular complexity index is 557. The molecule has 1 fully saturated rings. The summed E-state index contributed by atoms with van der Waals surface area (Å²) in [6, 6.07) is 4.51. The largest absolute Gasteiger partial charge is 0.369 e. The number of rotatable bonds is 5. The lowest BCUT2D eigenvalue weighted by Gasteiger charge is -2.36. The molecule has 0 saturated carbocycles. The van der Waals surface area contributed by atoms with Gasteiger partial charge in [-0.25, -0.2) is 4.39 Å². The van der Waals surface area contributed by atoms with Crippen molar-refractivity contribution in [3.8, 4) is 0 Å². The summed E-state index contributed by atoms with van der Waals surface area (Å²) >= 11 is 0. The maximum atomic E-state index is 13.3. The van der Waals surface area contributed by atoms with E-state index in [9.17, 15) is 9.18 Å². The van der Waals surface area contributed by atoms with Crippen molar-refractivity contribution in [3.05, 3.63) is 29.6 Å². The van der Waals surface area contributed by atoms with Crippen LogP contribution in [0.5, 0.6) is 0 Å². The molecule has 1 unspecified atom stereocenters. The van der Waals surface area contributed by atoms with Crippen LogP contribution < -0.4 is 16.0 Å². The highest BCUT2D eigenvalue weighted by Gasteiger charge is 2.24. The summed E-state index contributed by atoms with van der Waals surface area (Å²) in [6.07, 6.45) is 2.65. The lowest BCUT2D eigenvalue weighted by Crippen LogP contribution is -2.52. The number of aryl methyl sites for hydroxylation is 1. The van der Waals surface area contributed by atoms with E-state index >= 15 is 0 Å². The molecule has 2 rings (SSSR count). The first kappa shape index (κ1) is 24.0. The predicted octanol–water partition coefficient (Wildman–Crippen LogP) is 3.44. The Hall–Kier alpha value is -1.04. The van der Waals surface area contributed by atoms with E-state index < -0.39 is 6.04 Å². The molecular weight excluding hydrogens is 364 g/mol. The van der Waals surface area contributed by atoms with Crippen LogP contribution in [0.3, 0.4) is 0 Å². The van der Waals surface area contributed by atoms with Crippen molar-refractivity contribution in [2.24, 2.45) is 11.7 Å². The van der Waals surface area contributed by atoms with E-state index in [2.05, 4.69) is 24.1 Å². The minimum Gasteiger partial charge on any atom is -0.369 e. The second-order valence-electron chi connectivity index (χ2n) is 6.96. The Morgan fingerprint density at radius 2 is 2.08 bits per heavy atom. The Morgan fingerprint density at radius 1 is 1.40 bits per heavy atom. The van der Waals surface area contributed by atoms with Crippen molar-refractivity contribution in [1.29, 1.82) is 0 Å². The van der Waals surface area contributed by atoms with Crippen molar-refractivity contribution in [2.45, 2.75) is 52.1 Å². The Balaban J connectivity index is 0.00000288. The predicted molar refractivity (Wildman–Crippen MR) is 106 cm³/mol. The number of hydrogen-bond donors (Lipinski definition) is 2. The molecular formula is C18H30Cl2FN3O. The van der Waals surface area contributed by atoms with Crippen molar-refractivity contribution in [1.82, 2.24) is 5.32 Å². The molecule has 1 heterocycles. The van der Waals surface area contributed by atoms with Gasteiger partial charge >= 0.3 is 0 Å². The number of nitrogens with zero attached hydrogens (tertiary/aromatic N) is 1. The molecule has 0 bridgehead atoms. The van der Waals surface area contributed by atoms with Crippen LogP contribution >= 0.6 is 24.8 Å². The van der Waals surface area contributed by atoms with Gasteiger partial charge in [0.25, 0.3) is 0 Å².